The summed E-state index contributed by atoms with van der Waals surface area (Å²) < 4.78 is 6.17. The van der Waals surface area contributed by atoms with Crippen LogP contribution >= 0.6 is 11.3 Å². The summed E-state index contributed by atoms with van der Waals surface area (Å²) in [6, 6.07) is 3.19. The first-order valence-electron chi connectivity index (χ1n) is 10.3. The van der Waals surface area contributed by atoms with Crippen molar-refractivity contribution < 1.29 is 19.1 Å². The fourth-order valence-electron chi connectivity index (χ4n) is 5.56. The number of thiophene rings is 1. The van der Waals surface area contributed by atoms with Gasteiger partial charge in [-0.25, -0.2) is 0 Å². The molecule has 5 rings (SSSR count). The fraction of sp³-hybridized carbons (Fsp3) is 0.571. The first-order chi connectivity index (χ1) is 14.0. The number of hydrogen-bond donors (Lipinski definition) is 2. The van der Waals surface area contributed by atoms with E-state index in [9.17, 15) is 14.4 Å². The normalized spacial score (nSPS) is 35.9. The van der Waals surface area contributed by atoms with Crippen molar-refractivity contribution in [2.24, 2.45) is 17.6 Å². The van der Waals surface area contributed by atoms with Crippen LogP contribution in [-0.4, -0.2) is 46.4 Å². The Hall–Kier alpha value is -2.19. The van der Waals surface area contributed by atoms with E-state index < -0.39 is 35.5 Å². The third-order valence-electron chi connectivity index (χ3n) is 6.81. The molecule has 5 atom stereocenters. The third-order valence-corrected chi connectivity index (χ3v) is 7.67. The number of amides is 3. The number of fused-ring (bicyclic) bond motifs is 1. The number of nitrogens with zero attached hydrogens (tertiary/aromatic N) is 1. The second-order valence-corrected chi connectivity index (χ2v) is 9.52. The van der Waals surface area contributed by atoms with Crippen LogP contribution in [0.2, 0.25) is 0 Å². The summed E-state index contributed by atoms with van der Waals surface area (Å²) in [6.07, 6.45) is 8.38. The molecule has 1 aromatic rings. The van der Waals surface area contributed by atoms with E-state index in [1.165, 1.54) is 17.8 Å². The van der Waals surface area contributed by atoms with E-state index in [0.29, 0.717) is 6.54 Å². The maximum atomic E-state index is 13.5. The van der Waals surface area contributed by atoms with E-state index in [0.717, 1.165) is 30.6 Å². The van der Waals surface area contributed by atoms with Crippen LogP contribution in [0, 0.1) is 11.8 Å². The number of nitrogens with two attached hydrogens (primary N) is 1. The van der Waals surface area contributed by atoms with Crippen molar-refractivity contribution in [1.82, 2.24) is 10.2 Å². The van der Waals surface area contributed by atoms with Crippen molar-refractivity contribution in [3.05, 3.63) is 34.5 Å². The van der Waals surface area contributed by atoms with Crippen LogP contribution in [0.1, 0.15) is 37.0 Å². The van der Waals surface area contributed by atoms with Crippen molar-refractivity contribution in [3.8, 4) is 0 Å². The summed E-state index contributed by atoms with van der Waals surface area (Å²) in [7, 11) is 0. The van der Waals surface area contributed by atoms with Gasteiger partial charge >= 0.3 is 0 Å². The number of primary amides is 1. The molecule has 1 saturated carbocycles. The van der Waals surface area contributed by atoms with E-state index in [2.05, 4.69) is 5.32 Å². The number of likely N-dealkylation sites (tertiary alicyclic amines) is 1. The molecule has 1 aliphatic carbocycles. The molecule has 154 valence electrons. The summed E-state index contributed by atoms with van der Waals surface area (Å²) in [4.78, 5) is 41.6. The van der Waals surface area contributed by atoms with Crippen LogP contribution in [0.5, 0.6) is 0 Å². The maximum absolute atomic E-state index is 13.5. The largest absolute Gasteiger partial charge is 0.369 e. The molecule has 7 nitrogen and oxygen atoms in total. The molecule has 4 heterocycles. The van der Waals surface area contributed by atoms with Crippen molar-refractivity contribution in [2.75, 3.05) is 0 Å². The number of hydrogen-bond acceptors (Lipinski definition) is 5. The lowest BCUT2D eigenvalue weighted by Gasteiger charge is -2.34. The summed E-state index contributed by atoms with van der Waals surface area (Å²) >= 11 is 1.54. The van der Waals surface area contributed by atoms with Crippen molar-refractivity contribution in [2.45, 2.75) is 62.4 Å². The van der Waals surface area contributed by atoms with E-state index in [1.807, 2.05) is 23.6 Å². The minimum atomic E-state index is -1.11. The summed E-state index contributed by atoms with van der Waals surface area (Å²) in [5.74, 6) is -2.44. The van der Waals surface area contributed by atoms with Gasteiger partial charge in [-0.15, -0.1) is 11.3 Å². The highest BCUT2D eigenvalue weighted by Gasteiger charge is 2.72. The van der Waals surface area contributed by atoms with Crippen LogP contribution in [0.4, 0.5) is 0 Å². The van der Waals surface area contributed by atoms with Gasteiger partial charge in [0.25, 0.3) is 0 Å². The number of rotatable bonds is 5. The quantitative estimate of drug-likeness (QED) is 0.709. The van der Waals surface area contributed by atoms with Crippen molar-refractivity contribution >= 4 is 29.1 Å². The maximum Gasteiger partial charge on any atom is 0.246 e. The van der Waals surface area contributed by atoms with Gasteiger partial charge in [0.2, 0.25) is 17.7 Å². The van der Waals surface area contributed by atoms with Crippen LogP contribution in [0.25, 0.3) is 0 Å². The Labute approximate surface area is 173 Å². The Morgan fingerprint density at radius 2 is 2.10 bits per heavy atom. The molecular weight excluding hydrogens is 390 g/mol. The van der Waals surface area contributed by atoms with E-state index in [1.54, 1.807) is 11.0 Å². The minimum absolute atomic E-state index is 0.125. The summed E-state index contributed by atoms with van der Waals surface area (Å²) in [5, 5.41) is 5.11. The SMILES string of the molecule is NC(=O)C1C2C=CC3(O2)C1C(=O)N(Cc1cccs1)C3C(=O)NC1CCCCC1. The predicted octanol–water partition coefficient (Wildman–Crippen LogP) is 1.33. The lowest BCUT2D eigenvalue weighted by molar-refractivity contribution is -0.142. The molecule has 3 aliphatic heterocycles. The molecule has 2 bridgehead atoms. The van der Waals surface area contributed by atoms with Gasteiger partial charge in [-0.1, -0.05) is 37.5 Å². The van der Waals surface area contributed by atoms with Crippen molar-refractivity contribution in [1.29, 1.82) is 0 Å². The third kappa shape index (κ3) is 2.84. The molecule has 3 N–H and O–H groups in total. The Bertz CT molecular complexity index is 863. The molecule has 4 aliphatic rings. The molecular formula is C21H25N3O4S. The Balaban J connectivity index is 1.49. The molecule has 0 aromatic carbocycles. The number of nitrogens with one attached hydrogen (secondary N) is 1. The zero-order valence-corrected chi connectivity index (χ0v) is 16.9. The first kappa shape index (κ1) is 18.8. The second kappa shape index (κ2) is 6.95. The molecule has 8 heteroatoms. The molecule has 29 heavy (non-hydrogen) atoms. The standard InChI is InChI=1S/C21H25N3O4S/c22-18(25)15-14-8-9-21(28-14)16(15)20(27)24(11-13-7-4-10-29-13)17(21)19(26)23-12-5-2-1-3-6-12/h4,7-10,12,14-17H,1-3,5-6,11H2,(H2,22,25)(H,23,26). The lowest BCUT2D eigenvalue weighted by Crippen LogP contribution is -2.56. The molecule has 3 amide bonds. The zero-order valence-electron chi connectivity index (χ0n) is 16.1. The molecule has 1 spiro atoms. The Morgan fingerprint density at radius 3 is 2.79 bits per heavy atom. The predicted molar refractivity (Wildman–Crippen MR) is 107 cm³/mol. The fourth-order valence-corrected chi connectivity index (χ4v) is 6.26. The molecule has 1 aromatic heterocycles. The summed E-state index contributed by atoms with van der Waals surface area (Å²) in [6.45, 7) is 0.324. The highest BCUT2D eigenvalue weighted by atomic mass is 32.1. The van der Waals surface area contributed by atoms with Gasteiger partial charge < -0.3 is 20.7 Å². The first-order valence-corrected chi connectivity index (χ1v) is 11.2. The van der Waals surface area contributed by atoms with Crippen LogP contribution < -0.4 is 11.1 Å². The van der Waals surface area contributed by atoms with Gasteiger partial charge in [-0.3, -0.25) is 14.4 Å². The highest BCUT2D eigenvalue weighted by Crippen LogP contribution is 2.55. The number of carbonyl (C=O) groups excluding carboxylic acids is 3. The van der Waals surface area contributed by atoms with Gasteiger partial charge in [-0.2, -0.15) is 0 Å². The second-order valence-electron chi connectivity index (χ2n) is 8.49. The molecule has 2 saturated heterocycles. The Kier molecular flexibility index (Phi) is 4.51. The van der Waals surface area contributed by atoms with E-state index in [4.69, 9.17) is 10.5 Å². The van der Waals surface area contributed by atoms with Gasteiger partial charge in [0, 0.05) is 10.9 Å². The zero-order chi connectivity index (χ0) is 20.2. The van der Waals surface area contributed by atoms with Crippen LogP contribution in [0.3, 0.4) is 0 Å². The monoisotopic (exact) mass is 415 g/mol. The Morgan fingerprint density at radius 1 is 1.31 bits per heavy atom. The van der Waals surface area contributed by atoms with E-state index in [-0.39, 0.29) is 17.9 Å². The number of carbonyl (C=O) groups is 3. The van der Waals surface area contributed by atoms with Crippen LogP contribution in [-0.2, 0) is 25.7 Å². The van der Waals surface area contributed by atoms with Crippen LogP contribution in [0.15, 0.2) is 29.7 Å². The molecule has 0 radical (unpaired) electrons. The van der Waals surface area contributed by atoms with Gasteiger partial charge in [0.05, 0.1) is 24.5 Å². The van der Waals surface area contributed by atoms with Gasteiger partial charge in [0.1, 0.15) is 11.6 Å². The van der Waals surface area contributed by atoms with Gasteiger partial charge in [0.15, 0.2) is 0 Å². The summed E-state index contributed by atoms with van der Waals surface area (Å²) in [5.41, 5.74) is 4.52. The average molecular weight is 416 g/mol. The van der Waals surface area contributed by atoms with E-state index >= 15 is 0 Å². The van der Waals surface area contributed by atoms with Gasteiger partial charge in [-0.05, 0) is 24.3 Å². The lowest BCUT2D eigenvalue weighted by atomic mass is 9.74. The topological polar surface area (TPSA) is 102 Å². The highest BCUT2D eigenvalue weighted by molar-refractivity contribution is 7.09. The molecule has 3 fully saturated rings. The number of ether oxygens (including phenoxy) is 1. The smallest absolute Gasteiger partial charge is 0.246 e. The van der Waals surface area contributed by atoms with Crippen molar-refractivity contribution in [3.63, 3.8) is 0 Å². The average Bonchev–Trinajstić information content (AvgIpc) is 3.45. The minimum Gasteiger partial charge on any atom is -0.369 e. The molecule has 5 unspecified atom stereocenters.